The Labute approximate surface area is 152 Å². The maximum Gasteiger partial charge on any atom is 0.137 e. The molecule has 0 aromatic heterocycles. The molecule has 0 amide bonds. The number of hydrogen-bond acceptors (Lipinski definition) is 3. The monoisotopic (exact) mass is 362 g/mol. The lowest BCUT2D eigenvalue weighted by atomic mass is 9.96. The summed E-state index contributed by atoms with van der Waals surface area (Å²) in [4.78, 5) is 0. The van der Waals surface area contributed by atoms with E-state index in [9.17, 15) is 0 Å². The van der Waals surface area contributed by atoms with Gasteiger partial charge in [0.1, 0.15) is 5.75 Å². The van der Waals surface area contributed by atoms with Gasteiger partial charge in [0.05, 0.1) is 23.9 Å². The summed E-state index contributed by atoms with van der Waals surface area (Å²) in [6, 6.07) is 13.8. The van der Waals surface area contributed by atoms with Gasteiger partial charge >= 0.3 is 0 Å². The Balaban J connectivity index is 1.99. The van der Waals surface area contributed by atoms with Gasteiger partial charge in [-0.1, -0.05) is 43.1 Å². The van der Waals surface area contributed by atoms with Crippen molar-refractivity contribution < 1.29 is 4.74 Å². The first-order chi connectivity index (χ1) is 11.5. The molecule has 3 nitrogen and oxygen atoms in total. The van der Waals surface area contributed by atoms with E-state index in [-0.39, 0.29) is 6.04 Å². The molecule has 1 aliphatic heterocycles. The van der Waals surface area contributed by atoms with Crippen LogP contribution in [0.3, 0.4) is 0 Å². The number of ether oxygens (including phenoxy) is 1. The van der Waals surface area contributed by atoms with E-state index in [2.05, 4.69) is 24.9 Å². The number of benzene rings is 2. The Hall–Kier alpha value is -1.71. The molecule has 0 aliphatic carbocycles. The highest BCUT2D eigenvalue weighted by Crippen LogP contribution is 2.39. The molecule has 0 saturated heterocycles. The van der Waals surface area contributed by atoms with Crippen molar-refractivity contribution in [2.24, 2.45) is 11.0 Å². The number of anilines is 1. The zero-order valence-electron chi connectivity index (χ0n) is 14.0. The Morgan fingerprint density at radius 3 is 2.42 bits per heavy atom. The van der Waals surface area contributed by atoms with Crippen LogP contribution >= 0.6 is 23.2 Å². The molecule has 0 saturated carbocycles. The van der Waals surface area contributed by atoms with E-state index in [1.807, 2.05) is 36.4 Å². The minimum Gasteiger partial charge on any atom is -0.495 e. The molecule has 126 valence electrons. The van der Waals surface area contributed by atoms with Crippen molar-refractivity contribution in [3.8, 4) is 5.75 Å². The molecular weight excluding hydrogens is 343 g/mol. The van der Waals surface area contributed by atoms with Crippen molar-refractivity contribution >= 4 is 34.6 Å². The maximum absolute atomic E-state index is 6.32. The molecule has 0 fully saturated rings. The number of halogens is 2. The molecule has 2 aromatic rings. The summed E-state index contributed by atoms with van der Waals surface area (Å²) >= 11 is 12.3. The maximum atomic E-state index is 6.32. The summed E-state index contributed by atoms with van der Waals surface area (Å²) in [6.07, 6.45) is 0.878. The molecule has 5 heteroatoms. The average Bonchev–Trinajstić information content (AvgIpc) is 3.01. The Kier molecular flexibility index (Phi) is 5.02. The topological polar surface area (TPSA) is 24.8 Å². The highest BCUT2D eigenvalue weighted by molar-refractivity contribution is 6.32. The first-order valence-corrected chi connectivity index (χ1v) is 8.70. The van der Waals surface area contributed by atoms with Crippen LogP contribution in [0.2, 0.25) is 10.0 Å². The van der Waals surface area contributed by atoms with Gasteiger partial charge in [0.15, 0.2) is 0 Å². The van der Waals surface area contributed by atoms with Crippen LogP contribution in [-0.4, -0.2) is 12.8 Å². The van der Waals surface area contributed by atoms with E-state index in [4.69, 9.17) is 33.0 Å². The second-order valence-electron chi connectivity index (χ2n) is 6.18. The van der Waals surface area contributed by atoms with Gasteiger partial charge < -0.3 is 4.74 Å². The number of nitrogens with zero attached hydrogens (tertiary/aromatic N) is 2. The zero-order chi connectivity index (χ0) is 17.3. The number of rotatable bonds is 4. The minimum absolute atomic E-state index is 0.118. The second-order valence-corrected chi connectivity index (χ2v) is 7.02. The molecule has 1 unspecified atom stereocenters. The number of hydrazone groups is 1. The molecule has 0 spiro atoms. The molecule has 0 radical (unpaired) electrons. The van der Waals surface area contributed by atoms with Crippen molar-refractivity contribution in [3.63, 3.8) is 0 Å². The smallest absolute Gasteiger partial charge is 0.137 e. The lowest BCUT2D eigenvalue weighted by molar-refractivity contribution is 0.414. The van der Waals surface area contributed by atoms with Crippen LogP contribution in [0.25, 0.3) is 0 Å². The quantitative estimate of drug-likeness (QED) is 0.669. The van der Waals surface area contributed by atoms with E-state index in [1.165, 1.54) is 5.71 Å². The molecule has 0 N–H and O–H groups in total. The number of hydrogen-bond donors (Lipinski definition) is 0. The molecule has 1 aliphatic rings. The van der Waals surface area contributed by atoms with Crippen molar-refractivity contribution in [3.05, 3.63) is 58.1 Å². The SMILES string of the molecule is COc1ccc(C2CC(C(C)C)=NN2c2ccc(Cl)cc2)cc1Cl. The third-order valence-corrected chi connectivity index (χ3v) is 4.80. The predicted molar refractivity (Wildman–Crippen MR) is 102 cm³/mol. The minimum atomic E-state index is 0.118. The van der Waals surface area contributed by atoms with Crippen LogP contribution in [0.15, 0.2) is 47.6 Å². The van der Waals surface area contributed by atoms with Crippen molar-refractivity contribution in [1.82, 2.24) is 0 Å². The van der Waals surface area contributed by atoms with Crippen molar-refractivity contribution in [2.75, 3.05) is 12.1 Å². The summed E-state index contributed by atoms with van der Waals surface area (Å²) < 4.78 is 5.26. The van der Waals surface area contributed by atoms with E-state index in [1.54, 1.807) is 7.11 Å². The lowest BCUT2D eigenvalue weighted by Crippen LogP contribution is -2.18. The zero-order valence-corrected chi connectivity index (χ0v) is 15.5. The third-order valence-electron chi connectivity index (χ3n) is 4.25. The largest absolute Gasteiger partial charge is 0.495 e. The molecular formula is C19H20Cl2N2O. The Morgan fingerprint density at radius 2 is 1.83 bits per heavy atom. The highest BCUT2D eigenvalue weighted by atomic mass is 35.5. The van der Waals surface area contributed by atoms with Gasteiger partial charge in [0.2, 0.25) is 0 Å². The van der Waals surface area contributed by atoms with E-state index < -0.39 is 0 Å². The van der Waals surface area contributed by atoms with Crippen LogP contribution in [0.4, 0.5) is 5.69 Å². The standard InChI is InChI=1S/C19H20Cl2N2O/c1-12(2)17-11-18(13-4-9-19(24-3)16(21)10-13)23(22-17)15-7-5-14(20)6-8-15/h4-10,12,18H,11H2,1-3H3. The summed E-state index contributed by atoms with van der Waals surface area (Å²) in [5, 5.41) is 8.24. The Morgan fingerprint density at radius 1 is 1.12 bits per heavy atom. The summed E-state index contributed by atoms with van der Waals surface area (Å²) in [5.41, 5.74) is 3.32. The molecule has 1 atom stereocenters. The van der Waals surface area contributed by atoms with Crippen LogP contribution in [0.5, 0.6) is 5.75 Å². The van der Waals surface area contributed by atoms with Gasteiger partial charge in [0, 0.05) is 17.2 Å². The average molecular weight is 363 g/mol. The van der Waals surface area contributed by atoms with Gasteiger partial charge in [-0.3, -0.25) is 5.01 Å². The van der Waals surface area contributed by atoms with Crippen molar-refractivity contribution in [1.29, 1.82) is 0 Å². The Bertz CT molecular complexity index is 756. The van der Waals surface area contributed by atoms with E-state index >= 15 is 0 Å². The fourth-order valence-electron chi connectivity index (χ4n) is 2.87. The highest BCUT2D eigenvalue weighted by Gasteiger charge is 2.30. The summed E-state index contributed by atoms with van der Waals surface area (Å²) in [7, 11) is 1.62. The lowest BCUT2D eigenvalue weighted by Gasteiger charge is -2.24. The van der Waals surface area contributed by atoms with E-state index in [0.717, 1.165) is 22.7 Å². The molecule has 0 bridgehead atoms. The fraction of sp³-hybridized carbons (Fsp3) is 0.316. The predicted octanol–water partition coefficient (Wildman–Crippen LogP) is 5.97. The van der Waals surface area contributed by atoms with Crippen LogP contribution in [-0.2, 0) is 0 Å². The first-order valence-electron chi connectivity index (χ1n) is 7.95. The van der Waals surface area contributed by atoms with Crippen LogP contribution in [0.1, 0.15) is 31.9 Å². The second kappa shape index (κ2) is 7.04. The van der Waals surface area contributed by atoms with Crippen molar-refractivity contribution in [2.45, 2.75) is 26.3 Å². The third kappa shape index (κ3) is 3.38. The van der Waals surface area contributed by atoms with Gasteiger partial charge in [-0.2, -0.15) is 5.10 Å². The fourth-order valence-corrected chi connectivity index (χ4v) is 3.26. The van der Waals surface area contributed by atoms with Crippen LogP contribution < -0.4 is 9.75 Å². The molecule has 2 aromatic carbocycles. The van der Waals surface area contributed by atoms with Gasteiger partial charge in [0.25, 0.3) is 0 Å². The van der Waals surface area contributed by atoms with Gasteiger partial charge in [-0.25, -0.2) is 0 Å². The summed E-state index contributed by atoms with van der Waals surface area (Å²) in [5.74, 6) is 1.08. The molecule has 3 rings (SSSR count). The summed E-state index contributed by atoms with van der Waals surface area (Å²) in [6.45, 7) is 4.34. The first kappa shape index (κ1) is 17.1. The molecule has 1 heterocycles. The van der Waals surface area contributed by atoms with Crippen LogP contribution in [0, 0.1) is 5.92 Å². The number of methoxy groups -OCH3 is 1. The van der Waals surface area contributed by atoms with E-state index in [0.29, 0.717) is 16.7 Å². The normalized spacial score (nSPS) is 17.3. The van der Waals surface area contributed by atoms with Gasteiger partial charge in [-0.15, -0.1) is 0 Å². The molecule has 24 heavy (non-hydrogen) atoms. The van der Waals surface area contributed by atoms with Gasteiger partial charge in [-0.05, 0) is 47.9 Å².